The van der Waals surface area contributed by atoms with E-state index in [0.717, 1.165) is 28.2 Å². The molecule has 4 heterocycles. The number of aryl methyl sites for hydroxylation is 2. The van der Waals surface area contributed by atoms with Crippen molar-refractivity contribution in [2.45, 2.75) is 26.8 Å². The molecule has 1 N–H and O–H groups in total. The first kappa shape index (κ1) is 15.3. The van der Waals surface area contributed by atoms with Crippen molar-refractivity contribution >= 4 is 50.5 Å². The summed E-state index contributed by atoms with van der Waals surface area (Å²) in [5.41, 5.74) is 1.40. The summed E-state index contributed by atoms with van der Waals surface area (Å²) in [7, 11) is 0. The lowest BCUT2D eigenvalue weighted by Gasteiger charge is -2.03. The molecule has 7 heteroatoms. The molecule has 0 amide bonds. The molecule has 1 aliphatic heterocycles. The van der Waals surface area contributed by atoms with Gasteiger partial charge in [0.1, 0.15) is 15.5 Å². The number of rotatable bonds is 2. The molecule has 0 bridgehead atoms. The van der Waals surface area contributed by atoms with E-state index in [1.54, 1.807) is 22.8 Å². The van der Waals surface area contributed by atoms with Crippen LogP contribution in [-0.2, 0) is 6.54 Å². The molecule has 3 aromatic heterocycles. The topological polar surface area (TPSA) is 72.2 Å². The number of thiophene rings is 2. The van der Waals surface area contributed by atoms with Gasteiger partial charge in [-0.2, -0.15) is 0 Å². The fraction of sp³-hybridized carbons (Fsp3) is 0.235. The predicted molar refractivity (Wildman–Crippen MR) is 97.1 cm³/mol. The minimum absolute atomic E-state index is 0.137. The Morgan fingerprint density at radius 1 is 1.33 bits per heavy atom. The molecule has 5 nitrogen and oxygen atoms in total. The van der Waals surface area contributed by atoms with Crippen LogP contribution in [0, 0.1) is 13.8 Å². The van der Waals surface area contributed by atoms with Crippen molar-refractivity contribution in [3.05, 3.63) is 48.5 Å². The minimum Gasteiger partial charge on any atom is -0.477 e. The maximum absolute atomic E-state index is 12.8. The van der Waals surface area contributed by atoms with Gasteiger partial charge < -0.3 is 5.11 Å². The van der Waals surface area contributed by atoms with Gasteiger partial charge in [0.05, 0.1) is 5.39 Å². The lowest BCUT2D eigenvalue weighted by atomic mass is 10.2. The van der Waals surface area contributed by atoms with Crippen molar-refractivity contribution in [3.63, 3.8) is 0 Å². The van der Waals surface area contributed by atoms with Crippen molar-refractivity contribution in [2.24, 2.45) is 0 Å². The molecule has 122 valence electrons. The van der Waals surface area contributed by atoms with Gasteiger partial charge in [0.15, 0.2) is 0 Å². The summed E-state index contributed by atoms with van der Waals surface area (Å²) >= 11 is 2.78. The molecule has 0 saturated heterocycles. The zero-order chi connectivity index (χ0) is 17.0. The Morgan fingerprint density at radius 2 is 2.12 bits per heavy atom. The first-order chi connectivity index (χ1) is 11.5. The Kier molecular flexibility index (Phi) is 3.43. The smallest absolute Gasteiger partial charge is 0.346 e. The molecular weight excluding hydrogens is 344 g/mol. The van der Waals surface area contributed by atoms with Crippen LogP contribution >= 0.6 is 22.7 Å². The number of aromatic nitrogens is 2. The van der Waals surface area contributed by atoms with Gasteiger partial charge in [0, 0.05) is 16.3 Å². The second-order valence-corrected chi connectivity index (χ2v) is 8.12. The van der Waals surface area contributed by atoms with Gasteiger partial charge in [-0.1, -0.05) is 0 Å². The van der Waals surface area contributed by atoms with E-state index in [1.165, 1.54) is 4.88 Å². The minimum atomic E-state index is -1.01. The standard InChI is InChI=1S/C17H14N2O3S2/c1-8-3-4-11(23-8)7-10-5-6-19-14(10)18-15-12(16(19)20)9(2)13(24-15)17(21)22/h3-4,7H,5-6H2,1-2H3,(H,21,22)/b10-7-. The van der Waals surface area contributed by atoms with Crippen molar-refractivity contribution in [1.29, 1.82) is 0 Å². The third-order valence-electron chi connectivity index (χ3n) is 4.21. The third kappa shape index (κ3) is 2.23. The highest BCUT2D eigenvalue weighted by Gasteiger charge is 2.25. The molecule has 0 aliphatic carbocycles. The number of nitrogens with zero attached hydrogens (tertiary/aromatic N) is 2. The Morgan fingerprint density at radius 3 is 2.79 bits per heavy atom. The number of hydrogen-bond acceptors (Lipinski definition) is 5. The lowest BCUT2D eigenvalue weighted by molar-refractivity contribution is 0.0701. The Balaban J connectivity index is 1.93. The van der Waals surface area contributed by atoms with E-state index < -0.39 is 5.97 Å². The monoisotopic (exact) mass is 358 g/mol. The van der Waals surface area contributed by atoms with Gasteiger partial charge in [-0.05, 0) is 49.6 Å². The number of carboxylic acid groups (broad SMARTS) is 1. The first-order valence-corrected chi connectivity index (χ1v) is 9.13. The molecule has 1 aliphatic rings. The third-order valence-corrected chi connectivity index (χ3v) is 6.34. The quantitative estimate of drug-likeness (QED) is 0.757. The Hall–Kier alpha value is -2.25. The van der Waals surface area contributed by atoms with E-state index in [4.69, 9.17) is 0 Å². The molecular formula is C17H14N2O3S2. The normalized spacial score (nSPS) is 15.3. The highest BCUT2D eigenvalue weighted by atomic mass is 32.1. The van der Waals surface area contributed by atoms with Gasteiger partial charge in [-0.15, -0.1) is 22.7 Å². The second kappa shape index (κ2) is 5.39. The molecule has 0 atom stereocenters. The van der Waals surface area contributed by atoms with E-state index in [9.17, 15) is 14.7 Å². The molecule has 24 heavy (non-hydrogen) atoms. The number of carboxylic acids is 1. The molecule has 0 fully saturated rings. The second-order valence-electron chi connectivity index (χ2n) is 5.80. The van der Waals surface area contributed by atoms with Crippen molar-refractivity contribution < 1.29 is 9.90 Å². The molecule has 4 rings (SSSR count). The van der Waals surface area contributed by atoms with Crippen LogP contribution < -0.4 is 5.56 Å². The van der Waals surface area contributed by atoms with Crippen molar-refractivity contribution in [1.82, 2.24) is 9.55 Å². The summed E-state index contributed by atoms with van der Waals surface area (Å²) in [4.78, 5) is 31.8. The fourth-order valence-electron chi connectivity index (χ4n) is 3.06. The zero-order valence-corrected chi connectivity index (χ0v) is 14.8. The summed E-state index contributed by atoms with van der Waals surface area (Å²) in [6.45, 7) is 4.33. The van der Waals surface area contributed by atoms with Crippen LogP contribution in [0.5, 0.6) is 0 Å². The summed E-state index contributed by atoms with van der Waals surface area (Å²) < 4.78 is 1.67. The number of allylic oxidation sites excluding steroid dienone is 1. The van der Waals surface area contributed by atoms with Gasteiger partial charge in [-0.25, -0.2) is 9.78 Å². The largest absolute Gasteiger partial charge is 0.477 e. The summed E-state index contributed by atoms with van der Waals surface area (Å²) in [6, 6.07) is 4.13. The van der Waals surface area contributed by atoms with E-state index in [0.29, 0.717) is 28.1 Å². The molecule has 0 saturated carbocycles. The highest BCUT2D eigenvalue weighted by Crippen LogP contribution is 2.33. The van der Waals surface area contributed by atoms with Crippen LogP contribution in [0.1, 0.15) is 37.2 Å². The zero-order valence-electron chi connectivity index (χ0n) is 13.1. The average molecular weight is 358 g/mol. The first-order valence-electron chi connectivity index (χ1n) is 7.50. The average Bonchev–Trinajstić information content (AvgIpc) is 3.19. The molecule has 0 aromatic carbocycles. The van der Waals surface area contributed by atoms with Crippen LogP contribution in [0.4, 0.5) is 0 Å². The van der Waals surface area contributed by atoms with Crippen LogP contribution in [0.15, 0.2) is 16.9 Å². The van der Waals surface area contributed by atoms with Crippen LogP contribution in [-0.4, -0.2) is 20.6 Å². The van der Waals surface area contributed by atoms with Gasteiger partial charge >= 0.3 is 5.97 Å². The molecule has 0 radical (unpaired) electrons. The van der Waals surface area contributed by atoms with E-state index in [-0.39, 0.29) is 10.4 Å². The number of aromatic carboxylic acids is 1. The van der Waals surface area contributed by atoms with Gasteiger partial charge in [0.2, 0.25) is 0 Å². The van der Waals surface area contributed by atoms with E-state index in [2.05, 4.69) is 30.1 Å². The summed E-state index contributed by atoms with van der Waals surface area (Å²) in [5.74, 6) is -0.346. The SMILES string of the molecule is Cc1ccc(/C=C2/CCn3c2nc2sc(C(=O)O)c(C)c2c3=O)s1. The van der Waals surface area contributed by atoms with Gasteiger partial charge in [-0.3, -0.25) is 9.36 Å². The van der Waals surface area contributed by atoms with E-state index >= 15 is 0 Å². The molecule has 0 spiro atoms. The predicted octanol–water partition coefficient (Wildman–Crippen LogP) is 3.78. The van der Waals surface area contributed by atoms with E-state index in [1.807, 2.05) is 0 Å². The molecule has 0 unspecified atom stereocenters. The summed E-state index contributed by atoms with van der Waals surface area (Å²) in [5, 5.41) is 9.72. The highest BCUT2D eigenvalue weighted by molar-refractivity contribution is 7.20. The number of hydrogen-bond donors (Lipinski definition) is 1. The van der Waals surface area contributed by atoms with Crippen LogP contribution in [0.3, 0.4) is 0 Å². The van der Waals surface area contributed by atoms with Gasteiger partial charge in [0.25, 0.3) is 5.56 Å². The summed E-state index contributed by atoms with van der Waals surface area (Å²) in [6.07, 6.45) is 2.84. The van der Waals surface area contributed by atoms with Crippen molar-refractivity contribution in [3.8, 4) is 0 Å². The Bertz CT molecular complexity index is 1090. The van der Waals surface area contributed by atoms with Crippen LogP contribution in [0.25, 0.3) is 21.9 Å². The maximum atomic E-state index is 12.8. The number of carbonyl (C=O) groups is 1. The van der Waals surface area contributed by atoms with Crippen LogP contribution in [0.2, 0.25) is 0 Å². The Labute approximate surface area is 145 Å². The lowest BCUT2D eigenvalue weighted by Crippen LogP contribution is -2.20. The fourth-order valence-corrected chi connectivity index (χ4v) is 4.91. The molecule has 3 aromatic rings. The number of fused-ring (bicyclic) bond motifs is 2. The van der Waals surface area contributed by atoms with Crippen molar-refractivity contribution in [2.75, 3.05) is 0 Å². The maximum Gasteiger partial charge on any atom is 0.346 e.